The maximum atomic E-state index is 14.3. The number of nitrogens with one attached hydrogen (secondary N) is 1. The summed E-state index contributed by atoms with van der Waals surface area (Å²) in [5.41, 5.74) is 0.308. The highest BCUT2D eigenvalue weighted by Crippen LogP contribution is 2.33. The zero-order valence-electron chi connectivity index (χ0n) is 19.2. The second kappa shape index (κ2) is 11.0. The van der Waals surface area contributed by atoms with E-state index in [1.165, 1.54) is 64.6 Å². The first-order valence-electron chi connectivity index (χ1n) is 9.97. The van der Waals surface area contributed by atoms with Crippen LogP contribution in [0, 0.1) is 5.82 Å². The van der Waals surface area contributed by atoms with Crippen molar-refractivity contribution >= 4 is 27.5 Å². The van der Waals surface area contributed by atoms with E-state index in [1.807, 2.05) is 0 Å². The summed E-state index contributed by atoms with van der Waals surface area (Å²) < 4.78 is 50.8. The molecule has 2 amide bonds. The summed E-state index contributed by atoms with van der Waals surface area (Å²) in [5, 5.41) is 2.45. The lowest BCUT2D eigenvalue weighted by Crippen LogP contribution is -2.50. The summed E-state index contributed by atoms with van der Waals surface area (Å²) in [7, 11) is 0.283. The lowest BCUT2D eigenvalue weighted by molar-refractivity contribution is -0.139. The molecular formula is C22H28FN3O6S. The van der Waals surface area contributed by atoms with E-state index >= 15 is 0 Å². The molecule has 33 heavy (non-hydrogen) atoms. The third-order valence-corrected chi connectivity index (χ3v) is 6.17. The number of carbonyl (C=O) groups excluding carboxylic acids is 2. The molecule has 0 aliphatic heterocycles. The van der Waals surface area contributed by atoms with Gasteiger partial charge in [0.1, 0.15) is 29.9 Å². The Balaban J connectivity index is 2.47. The molecule has 1 atom stereocenters. The third-order valence-electron chi connectivity index (χ3n) is 5.05. The van der Waals surface area contributed by atoms with Gasteiger partial charge in [0.05, 0.1) is 26.2 Å². The SMILES string of the molecule is CNC(=O)C(C)N(Cc1ccccc1F)C(=O)CN(c1ccc(OC)cc1OC)S(C)(=O)=O. The van der Waals surface area contributed by atoms with E-state index in [9.17, 15) is 22.4 Å². The Bertz CT molecular complexity index is 1110. The highest BCUT2D eigenvalue weighted by atomic mass is 32.2. The van der Waals surface area contributed by atoms with Gasteiger partial charge < -0.3 is 19.7 Å². The van der Waals surface area contributed by atoms with Gasteiger partial charge in [0.15, 0.2) is 0 Å². The number of nitrogens with zero attached hydrogens (tertiary/aromatic N) is 2. The van der Waals surface area contributed by atoms with Gasteiger partial charge in [-0.2, -0.15) is 0 Å². The minimum atomic E-state index is -3.94. The number of rotatable bonds is 10. The Morgan fingerprint density at radius 1 is 1.12 bits per heavy atom. The van der Waals surface area contributed by atoms with Gasteiger partial charge in [-0.1, -0.05) is 18.2 Å². The van der Waals surface area contributed by atoms with E-state index in [2.05, 4.69) is 5.32 Å². The third kappa shape index (κ3) is 6.35. The summed E-state index contributed by atoms with van der Waals surface area (Å²) in [6.07, 6.45) is 0.952. The maximum Gasteiger partial charge on any atom is 0.244 e. The Kier molecular flexibility index (Phi) is 8.63. The number of carbonyl (C=O) groups is 2. The second-order valence-corrected chi connectivity index (χ2v) is 9.12. The fourth-order valence-corrected chi connectivity index (χ4v) is 4.04. The number of ether oxygens (including phenoxy) is 2. The molecule has 11 heteroatoms. The zero-order valence-corrected chi connectivity index (χ0v) is 20.0. The standard InChI is InChI=1S/C22H28FN3O6S/c1-15(22(28)24-2)25(13-16-8-6-7-9-18(16)23)21(27)14-26(33(5,29)30)19-11-10-17(31-3)12-20(19)32-4/h6-12,15H,13-14H2,1-5H3,(H,24,28). The number of hydrogen-bond donors (Lipinski definition) is 1. The first kappa shape index (κ1) is 25.9. The van der Waals surface area contributed by atoms with E-state index in [-0.39, 0.29) is 23.5 Å². The molecule has 0 aliphatic carbocycles. The van der Waals surface area contributed by atoms with Gasteiger partial charge in [-0.3, -0.25) is 13.9 Å². The second-order valence-electron chi connectivity index (χ2n) is 7.21. The van der Waals surface area contributed by atoms with Crippen molar-refractivity contribution in [1.29, 1.82) is 0 Å². The topological polar surface area (TPSA) is 105 Å². The lowest BCUT2D eigenvalue weighted by atomic mass is 10.1. The van der Waals surface area contributed by atoms with E-state index in [1.54, 1.807) is 6.07 Å². The first-order valence-corrected chi connectivity index (χ1v) is 11.8. The van der Waals surface area contributed by atoms with Gasteiger partial charge in [0, 0.05) is 25.2 Å². The summed E-state index contributed by atoms with van der Waals surface area (Å²) in [4.78, 5) is 26.7. The summed E-state index contributed by atoms with van der Waals surface area (Å²) in [6.45, 7) is 0.630. The highest BCUT2D eigenvalue weighted by molar-refractivity contribution is 7.92. The van der Waals surface area contributed by atoms with Crippen LogP contribution < -0.4 is 19.1 Å². The minimum absolute atomic E-state index is 0.118. The van der Waals surface area contributed by atoms with Crippen LogP contribution in [0.5, 0.6) is 11.5 Å². The molecule has 2 aromatic carbocycles. The van der Waals surface area contributed by atoms with Crippen LogP contribution >= 0.6 is 0 Å². The molecule has 0 radical (unpaired) electrons. The number of anilines is 1. The van der Waals surface area contributed by atoms with Crippen LogP contribution in [-0.4, -0.2) is 65.2 Å². The van der Waals surface area contributed by atoms with Crippen molar-refractivity contribution in [2.75, 3.05) is 38.4 Å². The molecule has 9 nitrogen and oxygen atoms in total. The van der Waals surface area contributed by atoms with Crippen molar-refractivity contribution in [3.63, 3.8) is 0 Å². The summed E-state index contributed by atoms with van der Waals surface area (Å²) >= 11 is 0. The largest absolute Gasteiger partial charge is 0.497 e. The number of benzene rings is 2. The van der Waals surface area contributed by atoms with Crippen molar-refractivity contribution < 1.29 is 31.9 Å². The van der Waals surface area contributed by atoms with Crippen LogP contribution in [0.4, 0.5) is 10.1 Å². The number of methoxy groups -OCH3 is 2. The molecule has 0 heterocycles. The Labute approximate surface area is 193 Å². The molecule has 180 valence electrons. The zero-order chi connectivity index (χ0) is 24.8. The minimum Gasteiger partial charge on any atom is -0.497 e. The van der Waals surface area contributed by atoms with Crippen LogP contribution in [0.1, 0.15) is 12.5 Å². The van der Waals surface area contributed by atoms with Crippen LogP contribution in [0.3, 0.4) is 0 Å². The molecular weight excluding hydrogens is 453 g/mol. The molecule has 2 aromatic rings. The average molecular weight is 482 g/mol. The summed E-state index contributed by atoms with van der Waals surface area (Å²) in [5.74, 6) is -1.11. The van der Waals surface area contributed by atoms with Crippen molar-refractivity contribution in [3.8, 4) is 11.5 Å². The Morgan fingerprint density at radius 3 is 2.33 bits per heavy atom. The van der Waals surface area contributed by atoms with Gasteiger partial charge in [-0.25, -0.2) is 12.8 Å². The number of halogens is 1. The normalized spacial score (nSPS) is 11.9. The first-order chi connectivity index (χ1) is 15.5. The monoisotopic (exact) mass is 481 g/mol. The molecule has 1 unspecified atom stereocenters. The predicted molar refractivity (Wildman–Crippen MR) is 122 cm³/mol. The van der Waals surface area contributed by atoms with Crippen LogP contribution in [0.25, 0.3) is 0 Å². The summed E-state index contributed by atoms with van der Waals surface area (Å²) in [6, 6.07) is 9.34. The predicted octanol–water partition coefficient (Wildman–Crippen LogP) is 1.77. The van der Waals surface area contributed by atoms with Crippen LogP contribution in [-0.2, 0) is 26.2 Å². The van der Waals surface area contributed by atoms with Gasteiger partial charge in [0.2, 0.25) is 21.8 Å². The molecule has 0 bridgehead atoms. The molecule has 0 saturated heterocycles. The molecule has 2 rings (SSSR count). The smallest absolute Gasteiger partial charge is 0.244 e. The van der Waals surface area contributed by atoms with Gasteiger partial charge in [-0.05, 0) is 25.1 Å². The fourth-order valence-electron chi connectivity index (χ4n) is 3.19. The highest BCUT2D eigenvalue weighted by Gasteiger charge is 2.31. The lowest BCUT2D eigenvalue weighted by Gasteiger charge is -2.31. The molecule has 0 fully saturated rings. The van der Waals surface area contributed by atoms with Crippen LogP contribution in [0.2, 0.25) is 0 Å². The van der Waals surface area contributed by atoms with E-state index in [0.717, 1.165) is 15.5 Å². The molecule has 1 N–H and O–H groups in total. The van der Waals surface area contributed by atoms with Crippen molar-refractivity contribution in [3.05, 3.63) is 53.8 Å². The average Bonchev–Trinajstić information content (AvgIpc) is 2.79. The van der Waals surface area contributed by atoms with Crippen molar-refractivity contribution in [2.45, 2.75) is 19.5 Å². The molecule has 0 saturated carbocycles. The Morgan fingerprint density at radius 2 is 1.79 bits per heavy atom. The van der Waals surface area contributed by atoms with E-state index < -0.39 is 40.2 Å². The number of sulfonamides is 1. The Hall–Kier alpha value is -3.34. The van der Waals surface area contributed by atoms with Gasteiger partial charge in [0.25, 0.3) is 0 Å². The van der Waals surface area contributed by atoms with E-state index in [0.29, 0.717) is 5.75 Å². The quantitative estimate of drug-likeness (QED) is 0.555. The fraction of sp³-hybridized carbons (Fsp3) is 0.364. The van der Waals surface area contributed by atoms with E-state index in [4.69, 9.17) is 9.47 Å². The van der Waals surface area contributed by atoms with Crippen molar-refractivity contribution in [1.82, 2.24) is 10.2 Å². The van der Waals surface area contributed by atoms with Crippen LogP contribution in [0.15, 0.2) is 42.5 Å². The van der Waals surface area contributed by atoms with Gasteiger partial charge >= 0.3 is 0 Å². The molecule has 0 aliphatic rings. The maximum absolute atomic E-state index is 14.3. The molecule has 0 aromatic heterocycles. The number of amides is 2. The molecule has 0 spiro atoms. The number of likely N-dealkylation sites (N-methyl/N-ethyl adjacent to an activating group) is 1. The van der Waals surface area contributed by atoms with Crippen molar-refractivity contribution in [2.24, 2.45) is 0 Å². The van der Waals surface area contributed by atoms with Gasteiger partial charge in [-0.15, -0.1) is 0 Å². The number of hydrogen-bond acceptors (Lipinski definition) is 6.